The molecule has 2 heterocycles. The molecule has 3 aromatic rings. The van der Waals surface area contributed by atoms with Crippen molar-refractivity contribution in [3.05, 3.63) is 45.9 Å². The molecule has 0 aliphatic heterocycles. The van der Waals surface area contributed by atoms with E-state index in [4.69, 9.17) is 14.5 Å². The molecule has 29 heavy (non-hydrogen) atoms. The normalized spacial score (nSPS) is 11.2. The average molecular weight is 398 g/mol. The van der Waals surface area contributed by atoms with Gasteiger partial charge in [0.15, 0.2) is 5.65 Å². The minimum Gasteiger partial charge on any atom is -0.496 e. The van der Waals surface area contributed by atoms with Gasteiger partial charge in [0.25, 0.3) is 5.56 Å². The zero-order chi connectivity index (χ0) is 20.8. The highest BCUT2D eigenvalue weighted by Crippen LogP contribution is 2.33. The van der Waals surface area contributed by atoms with Crippen molar-refractivity contribution < 1.29 is 9.47 Å². The van der Waals surface area contributed by atoms with Gasteiger partial charge in [0, 0.05) is 22.9 Å². The molecule has 156 valence electrons. The van der Waals surface area contributed by atoms with E-state index in [1.54, 1.807) is 14.0 Å². The maximum atomic E-state index is 12.8. The summed E-state index contributed by atoms with van der Waals surface area (Å²) in [4.78, 5) is 17.5. The fourth-order valence-electron chi connectivity index (χ4n) is 3.53. The van der Waals surface area contributed by atoms with Gasteiger partial charge < -0.3 is 9.47 Å². The molecule has 3 rings (SSSR count). The first-order valence-electron chi connectivity index (χ1n) is 10.4. The second-order valence-electron chi connectivity index (χ2n) is 7.50. The fraction of sp³-hybridized carbons (Fsp3) is 0.478. The first-order chi connectivity index (χ1) is 14.0. The molecular weight excluding hydrogens is 366 g/mol. The van der Waals surface area contributed by atoms with Crippen LogP contribution in [0.1, 0.15) is 56.7 Å². The van der Waals surface area contributed by atoms with Gasteiger partial charge in [0.2, 0.25) is 0 Å². The maximum absolute atomic E-state index is 12.8. The molecule has 0 unspecified atom stereocenters. The Morgan fingerprint density at radius 3 is 2.59 bits per heavy atom. The Morgan fingerprint density at radius 1 is 1.07 bits per heavy atom. The molecule has 0 bridgehead atoms. The molecule has 0 aliphatic rings. The van der Waals surface area contributed by atoms with Crippen LogP contribution in [0.4, 0.5) is 0 Å². The first-order valence-corrected chi connectivity index (χ1v) is 10.4. The summed E-state index contributed by atoms with van der Waals surface area (Å²) in [7, 11) is 1.62. The number of nitrogens with one attached hydrogen (secondary N) is 1. The van der Waals surface area contributed by atoms with Crippen molar-refractivity contribution in [2.75, 3.05) is 13.7 Å². The lowest BCUT2D eigenvalue weighted by molar-refractivity contribution is 0.304. The number of benzene rings is 1. The molecule has 0 saturated carbocycles. The van der Waals surface area contributed by atoms with Crippen molar-refractivity contribution in [1.29, 1.82) is 0 Å². The van der Waals surface area contributed by atoms with E-state index in [1.165, 1.54) is 36.6 Å². The van der Waals surface area contributed by atoms with Crippen LogP contribution in [-0.4, -0.2) is 28.3 Å². The van der Waals surface area contributed by atoms with Gasteiger partial charge in [-0.05, 0) is 38.5 Å². The van der Waals surface area contributed by atoms with Crippen LogP contribution in [0.5, 0.6) is 11.5 Å². The van der Waals surface area contributed by atoms with Gasteiger partial charge in [0.1, 0.15) is 11.5 Å². The maximum Gasteiger partial charge on any atom is 0.276 e. The van der Waals surface area contributed by atoms with Crippen molar-refractivity contribution in [2.45, 2.75) is 59.3 Å². The van der Waals surface area contributed by atoms with Crippen LogP contribution in [0.25, 0.3) is 16.9 Å². The lowest BCUT2D eigenvalue weighted by Gasteiger charge is -2.13. The number of unbranched alkanes of at least 4 members (excludes halogenated alkanes) is 5. The van der Waals surface area contributed by atoms with E-state index in [9.17, 15) is 4.79 Å². The van der Waals surface area contributed by atoms with E-state index in [2.05, 4.69) is 12.0 Å². The Hall–Kier alpha value is -2.76. The van der Waals surface area contributed by atoms with Crippen LogP contribution >= 0.6 is 0 Å². The van der Waals surface area contributed by atoms with Gasteiger partial charge in [-0.1, -0.05) is 39.0 Å². The van der Waals surface area contributed by atoms with E-state index < -0.39 is 0 Å². The van der Waals surface area contributed by atoms with Crippen molar-refractivity contribution in [2.24, 2.45) is 0 Å². The monoisotopic (exact) mass is 397 g/mol. The molecule has 1 aromatic carbocycles. The molecule has 6 heteroatoms. The quantitative estimate of drug-likeness (QED) is 0.486. The predicted molar refractivity (Wildman–Crippen MR) is 116 cm³/mol. The van der Waals surface area contributed by atoms with Crippen molar-refractivity contribution in [1.82, 2.24) is 14.6 Å². The van der Waals surface area contributed by atoms with E-state index in [-0.39, 0.29) is 5.56 Å². The number of aryl methyl sites for hydroxylation is 1. The van der Waals surface area contributed by atoms with Gasteiger partial charge in [-0.2, -0.15) is 0 Å². The van der Waals surface area contributed by atoms with E-state index in [0.29, 0.717) is 29.3 Å². The van der Waals surface area contributed by atoms with Gasteiger partial charge in [-0.25, -0.2) is 9.50 Å². The number of aromatic amines is 1. The highest BCUT2D eigenvalue weighted by atomic mass is 16.5. The van der Waals surface area contributed by atoms with Crippen LogP contribution in [0.15, 0.2) is 29.1 Å². The molecule has 0 atom stereocenters. The minimum absolute atomic E-state index is 0.112. The van der Waals surface area contributed by atoms with Gasteiger partial charge >= 0.3 is 0 Å². The van der Waals surface area contributed by atoms with Crippen LogP contribution in [-0.2, 0) is 0 Å². The number of ether oxygens (including phenoxy) is 2. The number of rotatable bonds is 10. The highest BCUT2D eigenvalue weighted by Gasteiger charge is 2.17. The molecule has 0 amide bonds. The predicted octanol–water partition coefficient (Wildman–Crippen LogP) is 5.05. The largest absolute Gasteiger partial charge is 0.496 e. The van der Waals surface area contributed by atoms with Crippen LogP contribution in [0.2, 0.25) is 0 Å². The summed E-state index contributed by atoms with van der Waals surface area (Å²) in [5, 5.41) is 3.02. The highest BCUT2D eigenvalue weighted by molar-refractivity contribution is 5.72. The van der Waals surface area contributed by atoms with E-state index in [0.717, 1.165) is 23.4 Å². The second kappa shape index (κ2) is 9.63. The SMILES string of the molecule is CCCCCCCCOc1ccc(OC)c(-c2nc3cc(C)[nH]n3c(=O)c2C)c1. The number of hydrogen-bond donors (Lipinski definition) is 1. The Labute approximate surface area is 171 Å². The molecule has 6 nitrogen and oxygen atoms in total. The lowest BCUT2D eigenvalue weighted by Crippen LogP contribution is -2.19. The zero-order valence-corrected chi connectivity index (χ0v) is 17.9. The van der Waals surface area contributed by atoms with Gasteiger partial charge in [-0.15, -0.1) is 0 Å². The molecule has 0 spiro atoms. The number of fused-ring (bicyclic) bond motifs is 1. The van der Waals surface area contributed by atoms with Crippen LogP contribution in [0, 0.1) is 13.8 Å². The van der Waals surface area contributed by atoms with Crippen LogP contribution < -0.4 is 15.0 Å². The number of hydrogen-bond acceptors (Lipinski definition) is 4. The topological polar surface area (TPSA) is 68.6 Å². The second-order valence-corrected chi connectivity index (χ2v) is 7.50. The summed E-state index contributed by atoms with van der Waals surface area (Å²) < 4.78 is 13.0. The average Bonchev–Trinajstić information content (AvgIpc) is 3.10. The molecule has 0 radical (unpaired) electrons. The summed E-state index contributed by atoms with van der Waals surface area (Å²) in [6.45, 7) is 6.60. The Morgan fingerprint density at radius 2 is 1.83 bits per heavy atom. The summed E-state index contributed by atoms with van der Waals surface area (Å²) in [6.07, 6.45) is 7.34. The fourth-order valence-corrected chi connectivity index (χ4v) is 3.53. The summed E-state index contributed by atoms with van der Waals surface area (Å²) in [5.74, 6) is 1.43. The van der Waals surface area contributed by atoms with Gasteiger partial charge in [0.05, 0.1) is 19.4 Å². The molecule has 2 aromatic heterocycles. The molecule has 0 fully saturated rings. The Kier molecular flexibility index (Phi) is 6.96. The summed E-state index contributed by atoms with van der Waals surface area (Å²) in [5.41, 5.74) is 3.32. The number of methoxy groups -OCH3 is 1. The smallest absolute Gasteiger partial charge is 0.276 e. The zero-order valence-electron chi connectivity index (χ0n) is 17.9. The molecule has 0 saturated heterocycles. The number of nitrogens with zero attached hydrogens (tertiary/aromatic N) is 2. The first kappa shape index (κ1) is 21.0. The van der Waals surface area contributed by atoms with E-state index >= 15 is 0 Å². The standard InChI is InChI=1S/C23H31N3O3/c1-5-6-7-8-9-10-13-29-18-11-12-20(28-4)19(15-18)22-17(3)23(27)26-21(24-22)14-16(2)25-26/h11-12,14-15,25H,5-10,13H2,1-4H3. The van der Waals surface area contributed by atoms with E-state index in [1.807, 2.05) is 31.2 Å². The Bertz CT molecular complexity index is 1020. The van der Waals surface area contributed by atoms with Crippen molar-refractivity contribution in [3.63, 3.8) is 0 Å². The molecule has 1 N–H and O–H groups in total. The third-order valence-corrected chi connectivity index (χ3v) is 5.16. The van der Waals surface area contributed by atoms with Crippen molar-refractivity contribution >= 4 is 5.65 Å². The third-order valence-electron chi connectivity index (χ3n) is 5.16. The Balaban J connectivity index is 1.82. The number of aromatic nitrogens is 3. The van der Waals surface area contributed by atoms with Gasteiger partial charge in [-0.3, -0.25) is 9.89 Å². The molecule has 0 aliphatic carbocycles. The third kappa shape index (κ3) is 4.81. The minimum atomic E-state index is -0.112. The number of H-pyrrole nitrogens is 1. The lowest BCUT2D eigenvalue weighted by atomic mass is 10.1. The van der Waals surface area contributed by atoms with Crippen molar-refractivity contribution in [3.8, 4) is 22.8 Å². The molecular formula is C23H31N3O3. The van der Waals surface area contributed by atoms with Crippen LogP contribution in [0.3, 0.4) is 0 Å². The summed E-state index contributed by atoms with van der Waals surface area (Å²) >= 11 is 0. The summed E-state index contributed by atoms with van der Waals surface area (Å²) in [6, 6.07) is 7.55.